The molecule has 0 spiro atoms. The number of alkyl halides is 3. The lowest BCUT2D eigenvalue weighted by Crippen LogP contribution is -2.42. The molecule has 0 radical (unpaired) electrons. The van der Waals surface area contributed by atoms with Gasteiger partial charge in [0.15, 0.2) is 0 Å². The zero-order valence-corrected chi connectivity index (χ0v) is 15.5. The second-order valence-corrected chi connectivity index (χ2v) is 8.01. The monoisotopic (exact) mass is 395 g/mol. The van der Waals surface area contributed by atoms with E-state index < -0.39 is 11.7 Å². The lowest BCUT2D eigenvalue weighted by molar-refractivity contribution is -0.137. The van der Waals surface area contributed by atoms with E-state index in [4.69, 9.17) is 0 Å². The van der Waals surface area contributed by atoms with E-state index >= 15 is 0 Å². The maximum Gasteiger partial charge on any atom is 0.416 e. The fraction of sp³-hybridized carbons (Fsp3) is 0.600. The predicted molar refractivity (Wildman–Crippen MR) is 96.4 cm³/mol. The molecule has 2 N–H and O–H groups in total. The van der Waals surface area contributed by atoms with Crippen molar-refractivity contribution in [2.24, 2.45) is 5.92 Å². The SMILES string of the molecule is O=C(NC1CC1c1cccc(C(F)(F)F)c1)[C@@H]1CN[C@H](C(=O)N2CCCC2)C1. The fourth-order valence-corrected chi connectivity index (χ4v) is 4.25. The molecule has 152 valence electrons. The molecular weight excluding hydrogens is 371 g/mol. The van der Waals surface area contributed by atoms with Crippen molar-refractivity contribution in [2.45, 2.75) is 49.9 Å². The minimum atomic E-state index is -4.37. The summed E-state index contributed by atoms with van der Waals surface area (Å²) in [5.41, 5.74) is -0.0583. The third-order valence-electron chi connectivity index (χ3n) is 5.98. The number of carbonyl (C=O) groups is 2. The van der Waals surface area contributed by atoms with Gasteiger partial charge in [0.2, 0.25) is 11.8 Å². The zero-order valence-electron chi connectivity index (χ0n) is 15.5. The van der Waals surface area contributed by atoms with E-state index in [9.17, 15) is 22.8 Å². The first kappa shape index (κ1) is 19.2. The molecule has 4 rings (SSSR count). The van der Waals surface area contributed by atoms with Crippen molar-refractivity contribution < 1.29 is 22.8 Å². The van der Waals surface area contributed by atoms with Crippen LogP contribution < -0.4 is 10.6 Å². The highest BCUT2D eigenvalue weighted by molar-refractivity contribution is 5.86. The first-order chi connectivity index (χ1) is 13.3. The van der Waals surface area contributed by atoms with Crippen LogP contribution in [0, 0.1) is 5.92 Å². The van der Waals surface area contributed by atoms with Crippen LogP contribution in [-0.4, -0.2) is 48.4 Å². The highest BCUT2D eigenvalue weighted by atomic mass is 19.4. The average molecular weight is 395 g/mol. The number of amides is 2. The quantitative estimate of drug-likeness (QED) is 0.822. The Labute approximate surface area is 161 Å². The van der Waals surface area contributed by atoms with Crippen LogP contribution in [0.1, 0.15) is 42.7 Å². The van der Waals surface area contributed by atoms with Crippen molar-refractivity contribution in [3.8, 4) is 0 Å². The third-order valence-corrected chi connectivity index (χ3v) is 5.98. The van der Waals surface area contributed by atoms with Crippen LogP contribution in [0.2, 0.25) is 0 Å². The molecule has 2 amide bonds. The van der Waals surface area contributed by atoms with Crippen LogP contribution in [0.4, 0.5) is 13.2 Å². The molecule has 0 bridgehead atoms. The maximum absolute atomic E-state index is 12.9. The van der Waals surface area contributed by atoms with E-state index in [0.717, 1.165) is 32.0 Å². The van der Waals surface area contributed by atoms with E-state index in [1.807, 2.05) is 4.90 Å². The highest BCUT2D eigenvalue weighted by Crippen LogP contribution is 2.42. The minimum absolute atomic E-state index is 0.0704. The molecule has 2 unspecified atom stereocenters. The van der Waals surface area contributed by atoms with Crippen LogP contribution in [0.15, 0.2) is 24.3 Å². The summed E-state index contributed by atoms with van der Waals surface area (Å²) < 4.78 is 38.6. The number of benzene rings is 1. The lowest BCUT2D eigenvalue weighted by Gasteiger charge is -2.19. The van der Waals surface area contributed by atoms with Crippen LogP contribution >= 0.6 is 0 Å². The number of hydrogen-bond donors (Lipinski definition) is 2. The van der Waals surface area contributed by atoms with E-state index in [1.165, 1.54) is 12.1 Å². The van der Waals surface area contributed by atoms with Gasteiger partial charge in [-0.25, -0.2) is 0 Å². The summed E-state index contributed by atoms with van der Waals surface area (Å²) in [6.07, 6.45) is -1.19. The van der Waals surface area contributed by atoms with Gasteiger partial charge in [-0.15, -0.1) is 0 Å². The van der Waals surface area contributed by atoms with Gasteiger partial charge in [-0.2, -0.15) is 13.2 Å². The highest BCUT2D eigenvalue weighted by Gasteiger charge is 2.43. The van der Waals surface area contributed by atoms with Gasteiger partial charge >= 0.3 is 6.18 Å². The molecule has 1 aromatic carbocycles. The first-order valence-corrected chi connectivity index (χ1v) is 9.82. The molecule has 5 nitrogen and oxygen atoms in total. The smallest absolute Gasteiger partial charge is 0.352 e. The molecule has 3 fully saturated rings. The minimum Gasteiger partial charge on any atom is -0.352 e. The molecule has 2 heterocycles. The van der Waals surface area contributed by atoms with Crippen molar-refractivity contribution in [3.05, 3.63) is 35.4 Å². The third kappa shape index (κ3) is 4.01. The molecule has 0 aromatic heterocycles. The molecule has 1 aliphatic carbocycles. The van der Waals surface area contributed by atoms with Crippen molar-refractivity contribution in [3.63, 3.8) is 0 Å². The van der Waals surface area contributed by atoms with Crippen LogP contribution in [0.5, 0.6) is 0 Å². The summed E-state index contributed by atoms with van der Waals surface area (Å²) >= 11 is 0. The number of rotatable bonds is 4. The number of halogens is 3. The van der Waals surface area contributed by atoms with Gasteiger partial charge in [-0.3, -0.25) is 9.59 Å². The van der Waals surface area contributed by atoms with Crippen LogP contribution in [-0.2, 0) is 15.8 Å². The Morgan fingerprint density at radius 2 is 1.89 bits per heavy atom. The Bertz CT molecular complexity index is 761. The van der Waals surface area contributed by atoms with E-state index in [0.29, 0.717) is 24.9 Å². The van der Waals surface area contributed by atoms with E-state index in [-0.39, 0.29) is 35.7 Å². The van der Waals surface area contributed by atoms with Gasteiger partial charge in [0.25, 0.3) is 0 Å². The molecule has 8 heteroatoms. The number of nitrogens with zero attached hydrogens (tertiary/aromatic N) is 1. The Morgan fingerprint density at radius 1 is 1.14 bits per heavy atom. The lowest BCUT2D eigenvalue weighted by atomic mass is 10.0. The van der Waals surface area contributed by atoms with E-state index in [1.54, 1.807) is 6.07 Å². The average Bonchev–Trinajstić information content (AvgIpc) is 3.07. The Balaban J connectivity index is 1.29. The summed E-state index contributed by atoms with van der Waals surface area (Å²) in [7, 11) is 0. The second-order valence-electron chi connectivity index (χ2n) is 8.01. The fourth-order valence-electron chi connectivity index (χ4n) is 4.25. The first-order valence-electron chi connectivity index (χ1n) is 9.82. The number of hydrogen-bond acceptors (Lipinski definition) is 3. The Hall–Kier alpha value is -2.09. The standard InChI is InChI=1S/C20H24F3N3O2/c21-20(22,23)14-5-3-4-12(8-14)15-10-16(15)25-18(27)13-9-17(24-11-13)19(28)26-6-1-2-7-26/h3-5,8,13,15-17,24H,1-2,6-7,9-11H2,(H,25,27)/t13-,15?,16?,17-/m0/s1. The van der Waals surface area contributed by atoms with E-state index in [2.05, 4.69) is 10.6 Å². The normalized spacial score (nSPS) is 29.8. The molecule has 2 aliphatic heterocycles. The molecule has 28 heavy (non-hydrogen) atoms. The summed E-state index contributed by atoms with van der Waals surface area (Å²) in [4.78, 5) is 26.8. The molecule has 1 aromatic rings. The molecule has 4 atom stereocenters. The van der Waals surface area contributed by atoms with Gasteiger partial charge in [0.05, 0.1) is 17.5 Å². The molecule has 3 aliphatic rings. The van der Waals surface area contributed by atoms with Gasteiger partial charge in [0.1, 0.15) is 0 Å². The predicted octanol–water partition coefficient (Wildman–Crippen LogP) is 2.28. The van der Waals surface area contributed by atoms with Crippen molar-refractivity contribution >= 4 is 11.8 Å². The summed E-state index contributed by atoms with van der Waals surface area (Å²) in [6, 6.07) is 4.86. The number of nitrogens with one attached hydrogen (secondary N) is 2. The van der Waals surface area contributed by atoms with Crippen molar-refractivity contribution in [2.75, 3.05) is 19.6 Å². The van der Waals surface area contributed by atoms with Gasteiger partial charge in [-0.1, -0.05) is 18.2 Å². The molecule has 2 saturated heterocycles. The summed E-state index contributed by atoms with van der Waals surface area (Å²) in [5.74, 6) is -0.410. The molecular formula is C20H24F3N3O2. The van der Waals surface area contributed by atoms with Crippen molar-refractivity contribution in [1.82, 2.24) is 15.5 Å². The number of likely N-dealkylation sites (tertiary alicyclic amines) is 1. The van der Waals surface area contributed by atoms with Gasteiger partial charge in [0, 0.05) is 31.6 Å². The summed E-state index contributed by atoms with van der Waals surface area (Å²) in [6.45, 7) is 2.03. The van der Waals surface area contributed by atoms with Crippen molar-refractivity contribution in [1.29, 1.82) is 0 Å². The second kappa shape index (κ2) is 7.39. The largest absolute Gasteiger partial charge is 0.416 e. The maximum atomic E-state index is 12.9. The van der Waals surface area contributed by atoms with Crippen LogP contribution in [0.25, 0.3) is 0 Å². The van der Waals surface area contributed by atoms with Crippen LogP contribution in [0.3, 0.4) is 0 Å². The van der Waals surface area contributed by atoms with Gasteiger partial charge < -0.3 is 15.5 Å². The zero-order chi connectivity index (χ0) is 19.9. The van der Waals surface area contributed by atoms with Gasteiger partial charge in [-0.05, 0) is 37.3 Å². The Kier molecular flexibility index (Phi) is 5.07. The summed E-state index contributed by atoms with van der Waals surface area (Å²) in [5, 5.41) is 6.09. The number of carbonyl (C=O) groups excluding carboxylic acids is 2. The topological polar surface area (TPSA) is 61.4 Å². The molecule has 1 saturated carbocycles. The Morgan fingerprint density at radius 3 is 2.61 bits per heavy atom.